The van der Waals surface area contributed by atoms with Crippen LogP contribution >= 0.6 is 0 Å². The summed E-state index contributed by atoms with van der Waals surface area (Å²) in [7, 11) is 0. The number of amides is 2. The van der Waals surface area contributed by atoms with E-state index in [4.69, 9.17) is 0 Å². The monoisotopic (exact) mass is 405 g/mol. The van der Waals surface area contributed by atoms with Crippen LogP contribution in [0.25, 0.3) is 10.8 Å². The van der Waals surface area contributed by atoms with E-state index in [9.17, 15) is 14.0 Å². The first-order valence-electron chi connectivity index (χ1n) is 10.2. The molecular formula is C24H24FN3O2. The molecule has 6 heteroatoms. The van der Waals surface area contributed by atoms with E-state index < -0.39 is 17.6 Å². The Morgan fingerprint density at radius 1 is 0.900 bits per heavy atom. The van der Waals surface area contributed by atoms with Crippen molar-refractivity contribution in [1.82, 2.24) is 10.2 Å². The SMILES string of the molecule is O=C(NC[C@H](c1cccc2ccccc12)N1CCCC1)C(=O)Nc1ccc(F)cc1. The topological polar surface area (TPSA) is 61.4 Å². The normalized spacial score (nSPS) is 15.1. The van der Waals surface area contributed by atoms with Gasteiger partial charge in [-0.2, -0.15) is 0 Å². The van der Waals surface area contributed by atoms with Crippen molar-refractivity contribution in [3.05, 3.63) is 78.1 Å². The fraction of sp³-hybridized carbons (Fsp3) is 0.250. The minimum absolute atomic E-state index is 0.0128. The smallest absolute Gasteiger partial charge is 0.313 e. The number of carbonyl (C=O) groups is 2. The summed E-state index contributed by atoms with van der Waals surface area (Å²) in [6.07, 6.45) is 2.25. The molecule has 1 aliphatic rings. The zero-order valence-electron chi connectivity index (χ0n) is 16.6. The van der Waals surface area contributed by atoms with E-state index in [0.29, 0.717) is 12.2 Å². The minimum atomic E-state index is -0.764. The van der Waals surface area contributed by atoms with Gasteiger partial charge in [0.1, 0.15) is 5.82 Å². The highest BCUT2D eigenvalue weighted by atomic mass is 19.1. The molecule has 0 bridgehead atoms. The maximum absolute atomic E-state index is 13.0. The second-order valence-electron chi connectivity index (χ2n) is 7.50. The number of hydrogen-bond donors (Lipinski definition) is 2. The van der Waals surface area contributed by atoms with Crippen molar-refractivity contribution in [3.8, 4) is 0 Å². The number of hydrogen-bond acceptors (Lipinski definition) is 3. The van der Waals surface area contributed by atoms with Gasteiger partial charge in [0.2, 0.25) is 0 Å². The van der Waals surface area contributed by atoms with Crippen LogP contribution in [0.5, 0.6) is 0 Å². The molecule has 5 nitrogen and oxygen atoms in total. The van der Waals surface area contributed by atoms with Crippen LogP contribution in [0.2, 0.25) is 0 Å². The fourth-order valence-electron chi connectivity index (χ4n) is 4.02. The van der Waals surface area contributed by atoms with Gasteiger partial charge in [0.05, 0.1) is 6.04 Å². The van der Waals surface area contributed by atoms with Crippen molar-refractivity contribution < 1.29 is 14.0 Å². The minimum Gasteiger partial charge on any atom is -0.346 e. The summed E-state index contributed by atoms with van der Waals surface area (Å²) in [5.74, 6) is -1.87. The Morgan fingerprint density at radius 3 is 2.37 bits per heavy atom. The zero-order chi connectivity index (χ0) is 20.9. The van der Waals surface area contributed by atoms with Gasteiger partial charge < -0.3 is 10.6 Å². The standard InChI is InChI=1S/C24H24FN3O2/c25-18-10-12-19(13-11-18)27-24(30)23(29)26-16-22(28-14-3-4-15-28)21-9-5-7-17-6-1-2-8-20(17)21/h1-2,5-13,22H,3-4,14-16H2,(H,26,29)(H,27,30)/t22-/m1/s1. The van der Waals surface area contributed by atoms with E-state index >= 15 is 0 Å². The van der Waals surface area contributed by atoms with E-state index in [-0.39, 0.29) is 6.04 Å². The molecule has 0 saturated carbocycles. The van der Waals surface area contributed by atoms with Crippen LogP contribution in [0, 0.1) is 5.82 Å². The lowest BCUT2D eigenvalue weighted by atomic mass is 9.97. The van der Waals surface area contributed by atoms with Crippen LogP contribution in [0.15, 0.2) is 66.7 Å². The lowest BCUT2D eigenvalue weighted by molar-refractivity contribution is -0.136. The molecule has 2 N–H and O–H groups in total. The summed E-state index contributed by atoms with van der Waals surface area (Å²) in [5, 5.41) is 7.59. The molecule has 1 atom stereocenters. The molecule has 1 saturated heterocycles. The highest BCUT2D eigenvalue weighted by molar-refractivity contribution is 6.39. The van der Waals surface area contributed by atoms with Gasteiger partial charge in [0, 0.05) is 12.2 Å². The van der Waals surface area contributed by atoms with Crippen LogP contribution in [-0.4, -0.2) is 36.3 Å². The molecule has 3 aromatic rings. The van der Waals surface area contributed by atoms with Crippen LogP contribution < -0.4 is 10.6 Å². The Bertz CT molecular complexity index is 1040. The van der Waals surface area contributed by atoms with Crippen LogP contribution in [-0.2, 0) is 9.59 Å². The van der Waals surface area contributed by atoms with Crippen LogP contribution in [0.1, 0.15) is 24.4 Å². The van der Waals surface area contributed by atoms with Gasteiger partial charge in [-0.15, -0.1) is 0 Å². The van der Waals surface area contributed by atoms with E-state index in [0.717, 1.165) is 42.3 Å². The maximum atomic E-state index is 13.0. The Balaban J connectivity index is 1.49. The van der Waals surface area contributed by atoms with Gasteiger partial charge >= 0.3 is 11.8 Å². The van der Waals surface area contributed by atoms with Crippen molar-refractivity contribution in [3.63, 3.8) is 0 Å². The molecule has 3 aromatic carbocycles. The first-order chi connectivity index (χ1) is 14.6. The van der Waals surface area contributed by atoms with Crippen molar-refractivity contribution >= 4 is 28.3 Å². The molecular weight excluding hydrogens is 381 g/mol. The molecule has 0 spiro atoms. The number of carbonyl (C=O) groups excluding carboxylic acids is 2. The van der Waals surface area contributed by atoms with Gasteiger partial charge in [0.25, 0.3) is 0 Å². The molecule has 1 fully saturated rings. The summed E-state index contributed by atoms with van der Waals surface area (Å²) >= 11 is 0. The summed E-state index contributed by atoms with van der Waals surface area (Å²) in [5.41, 5.74) is 1.52. The molecule has 4 rings (SSSR count). The second-order valence-corrected chi connectivity index (χ2v) is 7.50. The number of nitrogens with zero attached hydrogens (tertiary/aromatic N) is 1. The highest BCUT2D eigenvalue weighted by Crippen LogP contribution is 2.30. The highest BCUT2D eigenvalue weighted by Gasteiger charge is 2.26. The third kappa shape index (κ3) is 4.49. The van der Waals surface area contributed by atoms with Crippen molar-refractivity contribution in [2.24, 2.45) is 0 Å². The van der Waals surface area contributed by atoms with Crippen LogP contribution in [0.4, 0.5) is 10.1 Å². The average Bonchev–Trinajstić information content (AvgIpc) is 3.30. The summed E-state index contributed by atoms with van der Waals surface area (Å²) < 4.78 is 13.0. The largest absolute Gasteiger partial charge is 0.346 e. The first-order valence-corrected chi connectivity index (χ1v) is 10.2. The predicted octanol–water partition coefficient (Wildman–Crippen LogP) is 3.87. The van der Waals surface area contributed by atoms with Crippen molar-refractivity contribution in [2.45, 2.75) is 18.9 Å². The fourth-order valence-corrected chi connectivity index (χ4v) is 4.02. The quantitative estimate of drug-likeness (QED) is 0.634. The number of benzene rings is 3. The Kier molecular flexibility index (Phi) is 6.05. The molecule has 0 unspecified atom stereocenters. The average molecular weight is 405 g/mol. The number of anilines is 1. The Labute approximate surface area is 174 Å². The van der Waals surface area contributed by atoms with Crippen LogP contribution in [0.3, 0.4) is 0 Å². The molecule has 1 aliphatic heterocycles. The number of halogens is 1. The van der Waals surface area contributed by atoms with E-state index in [1.165, 1.54) is 24.3 Å². The third-order valence-corrected chi connectivity index (χ3v) is 5.53. The van der Waals surface area contributed by atoms with Crippen molar-refractivity contribution in [1.29, 1.82) is 0 Å². The van der Waals surface area contributed by atoms with Gasteiger partial charge in [-0.3, -0.25) is 14.5 Å². The molecule has 30 heavy (non-hydrogen) atoms. The van der Waals surface area contributed by atoms with Crippen molar-refractivity contribution in [2.75, 3.05) is 25.0 Å². The van der Waals surface area contributed by atoms with Gasteiger partial charge in [-0.1, -0.05) is 42.5 Å². The molecule has 154 valence electrons. The van der Waals surface area contributed by atoms with E-state index in [1.54, 1.807) is 0 Å². The van der Waals surface area contributed by atoms with Gasteiger partial charge in [0.15, 0.2) is 0 Å². The third-order valence-electron chi connectivity index (χ3n) is 5.53. The summed E-state index contributed by atoms with van der Waals surface area (Å²) in [6, 6.07) is 19.7. The van der Waals surface area contributed by atoms with E-state index in [2.05, 4.69) is 39.8 Å². The zero-order valence-corrected chi connectivity index (χ0v) is 16.6. The number of nitrogens with one attached hydrogen (secondary N) is 2. The first kappa shape index (κ1) is 20.0. The molecule has 1 heterocycles. The summed E-state index contributed by atoms with van der Waals surface area (Å²) in [6.45, 7) is 2.26. The second kappa shape index (κ2) is 9.05. The number of fused-ring (bicyclic) bond motifs is 1. The summed E-state index contributed by atoms with van der Waals surface area (Å²) in [4.78, 5) is 27.0. The van der Waals surface area contributed by atoms with Gasteiger partial charge in [-0.05, 0) is 66.5 Å². The molecule has 0 aliphatic carbocycles. The molecule has 0 aromatic heterocycles. The Morgan fingerprint density at radius 2 is 1.60 bits per heavy atom. The lowest BCUT2D eigenvalue weighted by Crippen LogP contribution is -2.41. The number of likely N-dealkylation sites (tertiary alicyclic amines) is 1. The molecule has 0 radical (unpaired) electrons. The molecule has 2 amide bonds. The van der Waals surface area contributed by atoms with Gasteiger partial charge in [-0.25, -0.2) is 4.39 Å². The lowest BCUT2D eigenvalue weighted by Gasteiger charge is -2.29. The van der Waals surface area contributed by atoms with E-state index in [1.807, 2.05) is 18.2 Å². The number of rotatable bonds is 5. The predicted molar refractivity (Wildman–Crippen MR) is 116 cm³/mol. The maximum Gasteiger partial charge on any atom is 0.313 e. The Hall–Kier alpha value is -3.25.